The lowest BCUT2D eigenvalue weighted by Crippen LogP contribution is -2.44. The van der Waals surface area contributed by atoms with Crippen molar-refractivity contribution >= 4 is 24.0 Å². The molecule has 1 fully saturated rings. The van der Waals surface area contributed by atoms with Gasteiger partial charge >= 0.3 is 5.69 Å². The summed E-state index contributed by atoms with van der Waals surface area (Å²) < 4.78 is 10.4. The number of methoxy groups -OCH3 is 1. The first-order valence-electron chi connectivity index (χ1n) is 7.91. The van der Waals surface area contributed by atoms with Crippen molar-refractivity contribution < 1.29 is 19.2 Å². The van der Waals surface area contributed by atoms with Gasteiger partial charge < -0.3 is 20.1 Å². The predicted molar refractivity (Wildman–Crippen MR) is 95.3 cm³/mol. The Bertz CT molecular complexity index is 603. The number of nitro benzene ring substituents is 1. The van der Waals surface area contributed by atoms with Gasteiger partial charge in [0.1, 0.15) is 5.75 Å². The predicted octanol–water partition coefficient (Wildman–Crippen LogP) is 1.99. The number of carbonyl (C=O) groups is 1. The maximum atomic E-state index is 12.2. The number of benzene rings is 1. The number of hydrogen-bond acceptors (Lipinski definition) is 6. The van der Waals surface area contributed by atoms with Crippen LogP contribution < -0.4 is 15.2 Å². The van der Waals surface area contributed by atoms with E-state index in [1.54, 1.807) is 4.90 Å². The SMILES string of the molecule is COc1cc(OCC(=O)N2CCC(C(C)N)CC2)ccc1[N+](=O)[O-].Cl. The molecule has 1 amide bonds. The van der Waals surface area contributed by atoms with E-state index in [4.69, 9.17) is 15.2 Å². The molecule has 2 N–H and O–H groups in total. The average molecular weight is 374 g/mol. The third-order valence-electron chi connectivity index (χ3n) is 4.35. The van der Waals surface area contributed by atoms with Crippen molar-refractivity contribution in [2.75, 3.05) is 26.8 Å². The van der Waals surface area contributed by atoms with Crippen LogP contribution in [0.3, 0.4) is 0 Å². The standard InChI is InChI=1S/C16H23N3O5.ClH/c1-11(17)12-5-7-18(8-6-12)16(20)10-24-13-3-4-14(19(21)22)15(9-13)23-2;/h3-4,9,11-12H,5-8,10,17H2,1-2H3;1H. The zero-order valence-corrected chi connectivity index (χ0v) is 15.2. The van der Waals surface area contributed by atoms with Gasteiger partial charge in [0.05, 0.1) is 12.0 Å². The van der Waals surface area contributed by atoms with Gasteiger partial charge in [0.15, 0.2) is 6.61 Å². The molecule has 0 radical (unpaired) electrons. The topological polar surface area (TPSA) is 108 Å². The van der Waals surface area contributed by atoms with Gasteiger partial charge in [0, 0.05) is 31.3 Å². The van der Waals surface area contributed by atoms with E-state index in [9.17, 15) is 14.9 Å². The number of ether oxygens (including phenoxy) is 2. The number of piperidine rings is 1. The van der Waals surface area contributed by atoms with Gasteiger partial charge in [-0.3, -0.25) is 14.9 Å². The Morgan fingerprint density at radius 3 is 2.60 bits per heavy atom. The molecule has 0 aliphatic carbocycles. The Morgan fingerprint density at radius 2 is 2.08 bits per heavy atom. The molecular formula is C16H24ClN3O5. The highest BCUT2D eigenvalue weighted by Gasteiger charge is 2.25. The molecule has 25 heavy (non-hydrogen) atoms. The van der Waals surface area contributed by atoms with Crippen LogP contribution in [0, 0.1) is 16.0 Å². The molecule has 1 saturated heterocycles. The largest absolute Gasteiger partial charge is 0.490 e. The molecule has 2 rings (SSSR count). The van der Waals surface area contributed by atoms with Crippen molar-refractivity contribution in [2.45, 2.75) is 25.8 Å². The van der Waals surface area contributed by atoms with Crippen LogP contribution in [0.1, 0.15) is 19.8 Å². The first-order chi connectivity index (χ1) is 11.4. The second kappa shape index (κ2) is 9.43. The molecule has 1 heterocycles. The normalized spacial score (nSPS) is 15.9. The number of halogens is 1. The molecule has 0 aromatic heterocycles. The second-order valence-electron chi connectivity index (χ2n) is 5.96. The van der Waals surface area contributed by atoms with Crippen LogP contribution in [0.25, 0.3) is 0 Å². The molecule has 1 unspecified atom stereocenters. The van der Waals surface area contributed by atoms with Gasteiger partial charge in [-0.2, -0.15) is 0 Å². The molecular weight excluding hydrogens is 350 g/mol. The summed E-state index contributed by atoms with van der Waals surface area (Å²) in [7, 11) is 1.35. The summed E-state index contributed by atoms with van der Waals surface area (Å²) in [5.41, 5.74) is 5.75. The molecule has 140 valence electrons. The fourth-order valence-electron chi connectivity index (χ4n) is 2.81. The summed E-state index contributed by atoms with van der Waals surface area (Å²) >= 11 is 0. The zero-order valence-electron chi connectivity index (χ0n) is 14.3. The number of carbonyl (C=O) groups excluding carboxylic acids is 1. The maximum absolute atomic E-state index is 12.2. The average Bonchev–Trinajstić information content (AvgIpc) is 2.59. The fraction of sp³-hybridized carbons (Fsp3) is 0.562. The van der Waals surface area contributed by atoms with E-state index >= 15 is 0 Å². The lowest BCUT2D eigenvalue weighted by Gasteiger charge is -2.33. The number of likely N-dealkylation sites (tertiary alicyclic amines) is 1. The molecule has 1 aliphatic heterocycles. The number of hydrogen-bond donors (Lipinski definition) is 1. The summed E-state index contributed by atoms with van der Waals surface area (Å²) in [6.07, 6.45) is 1.80. The highest BCUT2D eigenvalue weighted by atomic mass is 35.5. The first kappa shape index (κ1) is 21.0. The van der Waals surface area contributed by atoms with Crippen LogP contribution in [0.2, 0.25) is 0 Å². The van der Waals surface area contributed by atoms with Gasteiger partial charge in [0.2, 0.25) is 5.75 Å². The van der Waals surface area contributed by atoms with Crippen LogP contribution in [0.5, 0.6) is 11.5 Å². The fourth-order valence-corrected chi connectivity index (χ4v) is 2.81. The lowest BCUT2D eigenvalue weighted by molar-refractivity contribution is -0.385. The molecule has 9 heteroatoms. The van der Waals surface area contributed by atoms with E-state index in [0.717, 1.165) is 12.8 Å². The van der Waals surface area contributed by atoms with Crippen molar-refractivity contribution in [1.82, 2.24) is 4.90 Å². The van der Waals surface area contributed by atoms with Crippen molar-refractivity contribution in [1.29, 1.82) is 0 Å². The molecule has 0 spiro atoms. The van der Waals surface area contributed by atoms with Gasteiger partial charge in [0.25, 0.3) is 5.91 Å². The summed E-state index contributed by atoms with van der Waals surface area (Å²) in [5.74, 6) is 0.809. The lowest BCUT2D eigenvalue weighted by atomic mass is 9.91. The third kappa shape index (κ3) is 5.47. The van der Waals surface area contributed by atoms with Gasteiger partial charge in [-0.15, -0.1) is 12.4 Å². The second-order valence-corrected chi connectivity index (χ2v) is 5.96. The Hall–Kier alpha value is -2.06. The number of nitrogens with zero attached hydrogens (tertiary/aromatic N) is 2. The Balaban J connectivity index is 0.00000312. The minimum Gasteiger partial charge on any atom is -0.490 e. The van der Waals surface area contributed by atoms with Crippen molar-refractivity contribution in [3.8, 4) is 11.5 Å². The first-order valence-corrected chi connectivity index (χ1v) is 7.91. The van der Waals surface area contributed by atoms with Gasteiger partial charge in [-0.25, -0.2) is 0 Å². The van der Waals surface area contributed by atoms with E-state index in [1.165, 1.54) is 25.3 Å². The molecule has 1 aromatic carbocycles. The van der Waals surface area contributed by atoms with E-state index < -0.39 is 4.92 Å². The molecule has 0 saturated carbocycles. The minimum absolute atomic E-state index is 0. The molecule has 8 nitrogen and oxygen atoms in total. The number of rotatable bonds is 6. The van der Waals surface area contributed by atoms with Crippen molar-refractivity contribution in [2.24, 2.45) is 11.7 Å². The molecule has 1 aliphatic rings. The molecule has 0 bridgehead atoms. The monoisotopic (exact) mass is 373 g/mol. The summed E-state index contributed by atoms with van der Waals surface area (Å²) in [6.45, 7) is 3.24. The van der Waals surface area contributed by atoms with Crippen LogP contribution >= 0.6 is 12.4 Å². The van der Waals surface area contributed by atoms with Crippen LogP contribution in [-0.4, -0.2) is 48.6 Å². The highest BCUT2D eigenvalue weighted by molar-refractivity contribution is 5.85. The third-order valence-corrected chi connectivity index (χ3v) is 4.35. The van der Waals surface area contributed by atoms with Crippen molar-refractivity contribution in [3.63, 3.8) is 0 Å². The van der Waals surface area contributed by atoms with Crippen LogP contribution in [-0.2, 0) is 4.79 Å². The van der Waals surface area contributed by atoms with Crippen LogP contribution in [0.15, 0.2) is 18.2 Å². The summed E-state index contributed by atoms with van der Waals surface area (Å²) in [4.78, 5) is 24.3. The summed E-state index contributed by atoms with van der Waals surface area (Å²) in [6, 6.07) is 4.31. The number of nitrogens with two attached hydrogens (primary N) is 1. The molecule has 1 aromatic rings. The quantitative estimate of drug-likeness (QED) is 0.603. The molecule has 1 atom stereocenters. The summed E-state index contributed by atoms with van der Waals surface area (Å²) in [5, 5.41) is 10.9. The number of nitro groups is 1. The Kier molecular flexibility index (Phi) is 7.92. The zero-order chi connectivity index (χ0) is 17.7. The smallest absolute Gasteiger partial charge is 0.311 e. The maximum Gasteiger partial charge on any atom is 0.311 e. The van der Waals surface area contributed by atoms with E-state index in [1.807, 2.05) is 6.92 Å². The number of amides is 1. The van der Waals surface area contributed by atoms with E-state index in [2.05, 4.69) is 0 Å². The van der Waals surface area contributed by atoms with E-state index in [0.29, 0.717) is 24.8 Å². The van der Waals surface area contributed by atoms with Crippen molar-refractivity contribution in [3.05, 3.63) is 28.3 Å². The minimum atomic E-state index is -0.531. The van der Waals surface area contributed by atoms with Gasteiger partial charge in [-0.1, -0.05) is 0 Å². The van der Waals surface area contributed by atoms with Gasteiger partial charge in [-0.05, 0) is 31.7 Å². The highest BCUT2D eigenvalue weighted by Crippen LogP contribution is 2.30. The Morgan fingerprint density at radius 1 is 1.44 bits per heavy atom. The van der Waals surface area contributed by atoms with E-state index in [-0.39, 0.29) is 42.4 Å². The Labute approximate surface area is 152 Å². The van der Waals surface area contributed by atoms with Crippen LogP contribution in [0.4, 0.5) is 5.69 Å².